The van der Waals surface area contributed by atoms with Gasteiger partial charge in [0.25, 0.3) is 0 Å². The third-order valence-corrected chi connectivity index (χ3v) is 4.62. The van der Waals surface area contributed by atoms with E-state index in [0.717, 1.165) is 18.7 Å². The normalized spacial score (nSPS) is 20.4. The molecule has 1 saturated heterocycles. The maximum absolute atomic E-state index is 12.8. The lowest BCUT2D eigenvalue weighted by Gasteiger charge is -2.40. The van der Waals surface area contributed by atoms with Crippen LogP contribution >= 0.6 is 0 Å². The molecule has 116 valence electrons. The molecule has 0 aliphatic carbocycles. The molecule has 1 heterocycles. The Morgan fingerprint density at radius 1 is 1.24 bits per heavy atom. The van der Waals surface area contributed by atoms with Crippen molar-refractivity contribution in [3.05, 3.63) is 35.9 Å². The molecule has 1 aromatic carbocycles. The maximum atomic E-state index is 12.8. The molecule has 0 radical (unpaired) electrons. The van der Waals surface area contributed by atoms with Crippen LogP contribution in [0.5, 0.6) is 0 Å². The Hall–Kier alpha value is -1.15. The van der Waals surface area contributed by atoms with Gasteiger partial charge in [0.1, 0.15) is 0 Å². The molecule has 2 rings (SSSR count). The second-order valence-electron chi connectivity index (χ2n) is 6.99. The first-order valence-electron chi connectivity index (χ1n) is 8.38. The summed E-state index contributed by atoms with van der Waals surface area (Å²) < 4.78 is 0. The fourth-order valence-electron chi connectivity index (χ4n) is 3.49. The second-order valence-corrected chi connectivity index (χ2v) is 6.99. The van der Waals surface area contributed by atoms with Gasteiger partial charge in [0.15, 0.2) is 5.78 Å². The Morgan fingerprint density at radius 2 is 1.95 bits per heavy atom. The lowest BCUT2D eigenvalue weighted by atomic mass is 9.82. The zero-order chi connectivity index (χ0) is 15.3. The van der Waals surface area contributed by atoms with Crippen LogP contribution in [-0.4, -0.2) is 29.8 Å². The van der Waals surface area contributed by atoms with E-state index in [9.17, 15) is 4.79 Å². The third-order valence-electron chi connectivity index (χ3n) is 4.62. The molecule has 0 bridgehead atoms. The summed E-state index contributed by atoms with van der Waals surface area (Å²) in [6.07, 6.45) is 6.40. The Balaban J connectivity index is 2.06. The van der Waals surface area contributed by atoms with Gasteiger partial charge in [-0.3, -0.25) is 9.69 Å². The average Bonchev–Trinajstić information content (AvgIpc) is 2.49. The first-order chi connectivity index (χ1) is 10.0. The van der Waals surface area contributed by atoms with Gasteiger partial charge in [-0.05, 0) is 25.8 Å². The molecule has 1 fully saturated rings. The summed E-state index contributed by atoms with van der Waals surface area (Å²) in [6.45, 7) is 8.48. The molecule has 1 aliphatic heterocycles. The van der Waals surface area contributed by atoms with E-state index in [1.165, 1.54) is 32.1 Å². The average molecular weight is 287 g/mol. The topological polar surface area (TPSA) is 20.3 Å². The summed E-state index contributed by atoms with van der Waals surface area (Å²) in [4.78, 5) is 15.3. The highest BCUT2D eigenvalue weighted by atomic mass is 16.1. The highest BCUT2D eigenvalue weighted by Gasteiger charge is 2.33. The van der Waals surface area contributed by atoms with Gasteiger partial charge in [0.2, 0.25) is 0 Å². The van der Waals surface area contributed by atoms with E-state index >= 15 is 0 Å². The highest BCUT2D eigenvalue weighted by molar-refractivity contribution is 6.00. The second kappa shape index (κ2) is 7.22. The SMILES string of the molecule is CCCC1CCCCN1CC(C)(C)C(=O)c1ccccc1. The molecule has 0 spiro atoms. The molecule has 2 heteroatoms. The van der Waals surface area contributed by atoms with Crippen LogP contribution in [0.3, 0.4) is 0 Å². The first kappa shape index (κ1) is 16.2. The predicted molar refractivity (Wildman–Crippen MR) is 88.7 cm³/mol. The number of carbonyl (C=O) groups is 1. The van der Waals surface area contributed by atoms with Gasteiger partial charge in [-0.15, -0.1) is 0 Å². The molecule has 1 aromatic rings. The smallest absolute Gasteiger partial charge is 0.169 e. The molecule has 0 amide bonds. The third kappa shape index (κ3) is 4.16. The molecule has 2 nitrogen and oxygen atoms in total. The summed E-state index contributed by atoms with van der Waals surface area (Å²) >= 11 is 0. The number of piperidine rings is 1. The van der Waals surface area contributed by atoms with Gasteiger partial charge < -0.3 is 0 Å². The minimum Gasteiger partial charge on any atom is -0.299 e. The van der Waals surface area contributed by atoms with E-state index in [1.807, 2.05) is 30.3 Å². The number of hydrogen-bond acceptors (Lipinski definition) is 2. The first-order valence-corrected chi connectivity index (χ1v) is 8.38. The van der Waals surface area contributed by atoms with Gasteiger partial charge in [-0.2, -0.15) is 0 Å². The number of ketones is 1. The zero-order valence-corrected chi connectivity index (χ0v) is 13.8. The maximum Gasteiger partial charge on any atom is 0.169 e. The summed E-state index contributed by atoms with van der Waals surface area (Å²) in [5.41, 5.74) is 0.525. The largest absolute Gasteiger partial charge is 0.299 e. The standard InChI is InChI=1S/C19H29NO/c1-4-10-17-13-8-9-14-20(17)15-19(2,3)18(21)16-11-6-5-7-12-16/h5-7,11-12,17H,4,8-10,13-15H2,1-3H3. The Kier molecular flexibility index (Phi) is 5.58. The minimum atomic E-state index is -0.315. The summed E-state index contributed by atoms with van der Waals surface area (Å²) in [5.74, 6) is 0.268. The molecule has 1 atom stereocenters. The van der Waals surface area contributed by atoms with Crippen LogP contribution in [-0.2, 0) is 0 Å². The van der Waals surface area contributed by atoms with Crippen LogP contribution in [0.15, 0.2) is 30.3 Å². The van der Waals surface area contributed by atoms with Crippen molar-refractivity contribution in [2.45, 2.75) is 58.9 Å². The van der Waals surface area contributed by atoms with Crippen molar-refractivity contribution in [3.63, 3.8) is 0 Å². The Labute approximate surface area is 129 Å². The number of rotatable bonds is 6. The number of Topliss-reactive ketones (excluding diaryl/α,β-unsaturated/α-hetero) is 1. The molecule has 1 unspecified atom stereocenters. The molecular weight excluding hydrogens is 258 g/mol. The van der Waals surface area contributed by atoms with Gasteiger partial charge >= 0.3 is 0 Å². The Bertz CT molecular complexity index is 450. The van der Waals surface area contributed by atoms with Crippen LogP contribution in [0.2, 0.25) is 0 Å². The molecule has 0 saturated carbocycles. The van der Waals surface area contributed by atoms with Crippen molar-refractivity contribution in [2.75, 3.05) is 13.1 Å². The fraction of sp³-hybridized carbons (Fsp3) is 0.632. The van der Waals surface area contributed by atoms with E-state index in [-0.39, 0.29) is 11.2 Å². The van der Waals surface area contributed by atoms with E-state index in [0.29, 0.717) is 6.04 Å². The van der Waals surface area contributed by atoms with Crippen molar-refractivity contribution in [2.24, 2.45) is 5.41 Å². The van der Waals surface area contributed by atoms with E-state index < -0.39 is 0 Å². The molecule has 21 heavy (non-hydrogen) atoms. The molecule has 1 aliphatic rings. The summed E-state index contributed by atoms with van der Waals surface area (Å²) in [7, 11) is 0. The van der Waals surface area contributed by atoms with E-state index in [2.05, 4.69) is 25.7 Å². The fourth-order valence-corrected chi connectivity index (χ4v) is 3.49. The number of likely N-dealkylation sites (tertiary alicyclic amines) is 1. The van der Waals surface area contributed by atoms with Crippen LogP contribution in [0, 0.1) is 5.41 Å². The van der Waals surface area contributed by atoms with Crippen molar-refractivity contribution in [1.82, 2.24) is 4.90 Å². The van der Waals surface area contributed by atoms with Crippen LogP contribution in [0.25, 0.3) is 0 Å². The van der Waals surface area contributed by atoms with E-state index in [4.69, 9.17) is 0 Å². The van der Waals surface area contributed by atoms with Gasteiger partial charge in [-0.1, -0.05) is 63.9 Å². The van der Waals surface area contributed by atoms with Gasteiger partial charge in [0, 0.05) is 23.6 Å². The van der Waals surface area contributed by atoms with Crippen LogP contribution < -0.4 is 0 Å². The summed E-state index contributed by atoms with van der Waals surface area (Å²) in [6, 6.07) is 10.4. The van der Waals surface area contributed by atoms with Crippen LogP contribution in [0.1, 0.15) is 63.2 Å². The number of hydrogen-bond donors (Lipinski definition) is 0. The molecule has 0 aromatic heterocycles. The van der Waals surface area contributed by atoms with Gasteiger partial charge in [0.05, 0.1) is 0 Å². The number of carbonyl (C=O) groups excluding carboxylic acids is 1. The van der Waals surface area contributed by atoms with Crippen molar-refractivity contribution in [1.29, 1.82) is 0 Å². The number of nitrogens with zero attached hydrogens (tertiary/aromatic N) is 1. The lowest BCUT2D eigenvalue weighted by Crippen LogP contribution is -2.46. The highest BCUT2D eigenvalue weighted by Crippen LogP contribution is 2.28. The minimum absolute atomic E-state index is 0.268. The quantitative estimate of drug-likeness (QED) is 0.715. The lowest BCUT2D eigenvalue weighted by molar-refractivity contribution is 0.0628. The zero-order valence-electron chi connectivity index (χ0n) is 13.8. The molecule has 0 N–H and O–H groups in total. The Morgan fingerprint density at radius 3 is 2.62 bits per heavy atom. The van der Waals surface area contributed by atoms with E-state index in [1.54, 1.807) is 0 Å². The van der Waals surface area contributed by atoms with Crippen molar-refractivity contribution < 1.29 is 4.79 Å². The van der Waals surface area contributed by atoms with Gasteiger partial charge in [-0.25, -0.2) is 0 Å². The van der Waals surface area contributed by atoms with Crippen molar-refractivity contribution in [3.8, 4) is 0 Å². The van der Waals surface area contributed by atoms with Crippen LogP contribution in [0.4, 0.5) is 0 Å². The summed E-state index contributed by atoms with van der Waals surface area (Å²) in [5, 5.41) is 0. The molecular formula is C19H29NO. The number of benzene rings is 1. The monoisotopic (exact) mass is 287 g/mol. The predicted octanol–water partition coefficient (Wildman–Crippen LogP) is 4.55. The van der Waals surface area contributed by atoms with Crippen molar-refractivity contribution >= 4 is 5.78 Å².